The third-order valence-electron chi connectivity index (χ3n) is 3.25. The van der Waals surface area contributed by atoms with E-state index in [2.05, 4.69) is 5.10 Å². The first-order chi connectivity index (χ1) is 10.8. The van der Waals surface area contributed by atoms with Crippen LogP contribution in [0.2, 0.25) is 10.0 Å². The van der Waals surface area contributed by atoms with Crippen LogP contribution >= 0.6 is 23.2 Å². The molecule has 0 atom stereocenters. The number of nitrogens with zero attached hydrogens (tertiary/aromatic N) is 3. The summed E-state index contributed by atoms with van der Waals surface area (Å²) in [6.07, 6.45) is -0.120. The van der Waals surface area contributed by atoms with Crippen LogP contribution in [-0.4, -0.2) is 45.3 Å². The molecule has 0 unspecified atom stereocenters. The molecule has 23 heavy (non-hydrogen) atoms. The lowest BCUT2D eigenvalue weighted by atomic mass is 10.3. The summed E-state index contributed by atoms with van der Waals surface area (Å²) in [4.78, 5) is 24.2. The van der Waals surface area contributed by atoms with Gasteiger partial charge in [-0.3, -0.25) is 9.59 Å². The third kappa shape index (κ3) is 4.03. The number of aryl methyl sites for hydroxylation is 1. The molecule has 1 heterocycles. The van der Waals surface area contributed by atoms with Crippen LogP contribution in [0.15, 0.2) is 24.3 Å². The summed E-state index contributed by atoms with van der Waals surface area (Å²) in [7, 11) is 1.54. The quantitative estimate of drug-likeness (QED) is 0.894. The van der Waals surface area contributed by atoms with Gasteiger partial charge in [0.05, 0.1) is 17.1 Å². The van der Waals surface area contributed by atoms with Gasteiger partial charge in [0.15, 0.2) is 5.69 Å². The Labute approximate surface area is 143 Å². The number of rotatable bonds is 5. The number of carbonyl (C=O) groups is 2. The fourth-order valence-electron chi connectivity index (χ4n) is 2.04. The summed E-state index contributed by atoms with van der Waals surface area (Å²) >= 11 is 12.0. The van der Waals surface area contributed by atoms with Gasteiger partial charge in [-0.15, -0.1) is 0 Å². The number of amides is 1. The molecule has 122 valence electrons. The molecule has 0 bridgehead atoms. The Balaban J connectivity index is 2.27. The normalized spacial score (nSPS) is 10.6. The van der Waals surface area contributed by atoms with Crippen LogP contribution in [-0.2, 0) is 4.79 Å². The van der Waals surface area contributed by atoms with Gasteiger partial charge in [-0.2, -0.15) is 5.10 Å². The van der Waals surface area contributed by atoms with Crippen LogP contribution in [0.5, 0.6) is 0 Å². The minimum atomic E-state index is -0.959. The van der Waals surface area contributed by atoms with E-state index >= 15 is 0 Å². The summed E-state index contributed by atoms with van der Waals surface area (Å²) in [6.45, 7) is 1.91. The molecule has 6 nitrogen and oxygen atoms in total. The Kier molecular flexibility index (Phi) is 5.28. The zero-order valence-corrected chi connectivity index (χ0v) is 14.1. The van der Waals surface area contributed by atoms with Crippen LogP contribution in [0.25, 0.3) is 5.69 Å². The Bertz CT molecular complexity index is 758. The highest BCUT2D eigenvalue weighted by atomic mass is 35.5. The van der Waals surface area contributed by atoms with E-state index in [1.807, 2.05) is 0 Å². The number of aromatic nitrogens is 2. The summed E-state index contributed by atoms with van der Waals surface area (Å²) in [6, 6.07) is 6.63. The summed E-state index contributed by atoms with van der Waals surface area (Å²) in [5.41, 5.74) is 1.56. The first-order valence-corrected chi connectivity index (χ1v) is 7.54. The Morgan fingerprint density at radius 2 is 2.00 bits per heavy atom. The van der Waals surface area contributed by atoms with Crippen LogP contribution in [0.4, 0.5) is 0 Å². The Morgan fingerprint density at radius 1 is 1.30 bits per heavy atom. The maximum atomic E-state index is 12.3. The lowest BCUT2D eigenvalue weighted by Crippen LogP contribution is -2.29. The fourth-order valence-corrected chi connectivity index (χ4v) is 2.52. The minimum absolute atomic E-state index is 0.113. The van der Waals surface area contributed by atoms with Gasteiger partial charge >= 0.3 is 5.97 Å². The van der Waals surface area contributed by atoms with E-state index < -0.39 is 5.97 Å². The van der Waals surface area contributed by atoms with Gasteiger partial charge < -0.3 is 10.0 Å². The van der Waals surface area contributed by atoms with Crippen LogP contribution < -0.4 is 0 Å². The Hall–Kier alpha value is -2.05. The lowest BCUT2D eigenvalue weighted by molar-refractivity contribution is -0.137. The molecule has 1 aromatic carbocycles. The number of hydrogen-bond donors (Lipinski definition) is 1. The number of carboxylic acid groups (broad SMARTS) is 1. The molecule has 1 aromatic heterocycles. The molecule has 8 heteroatoms. The average molecular weight is 356 g/mol. The van der Waals surface area contributed by atoms with Crippen molar-refractivity contribution in [3.8, 4) is 5.69 Å². The number of aliphatic carboxylic acids is 1. The maximum absolute atomic E-state index is 12.3. The zero-order chi connectivity index (χ0) is 17.1. The molecule has 2 rings (SSSR count). The third-order valence-corrected chi connectivity index (χ3v) is 3.79. The van der Waals surface area contributed by atoms with Gasteiger partial charge in [0.1, 0.15) is 0 Å². The highest BCUT2D eigenvalue weighted by Crippen LogP contribution is 2.25. The van der Waals surface area contributed by atoms with Crippen molar-refractivity contribution in [1.82, 2.24) is 14.7 Å². The fraction of sp³-hybridized carbons (Fsp3) is 0.267. The lowest BCUT2D eigenvalue weighted by Gasteiger charge is -2.14. The number of benzene rings is 1. The number of halogens is 2. The predicted molar refractivity (Wildman–Crippen MR) is 87.5 cm³/mol. The van der Waals surface area contributed by atoms with E-state index in [1.165, 1.54) is 11.9 Å². The van der Waals surface area contributed by atoms with Crippen molar-refractivity contribution in [3.05, 3.63) is 45.7 Å². The van der Waals surface area contributed by atoms with E-state index in [4.69, 9.17) is 28.3 Å². The molecule has 0 saturated heterocycles. The van der Waals surface area contributed by atoms with E-state index in [1.54, 1.807) is 35.9 Å². The van der Waals surface area contributed by atoms with Crippen molar-refractivity contribution < 1.29 is 14.7 Å². The molecule has 0 spiro atoms. The molecule has 0 aliphatic rings. The first-order valence-electron chi connectivity index (χ1n) is 6.79. The monoisotopic (exact) mass is 355 g/mol. The molecule has 1 amide bonds. The average Bonchev–Trinajstić information content (AvgIpc) is 2.85. The summed E-state index contributed by atoms with van der Waals surface area (Å²) in [5, 5.41) is 13.9. The molecule has 0 aliphatic carbocycles. The van der Waals surface area contributed by atoms with Crippen LogP contribution in [0.1, 0.15) is 22.6 Å². The maximum Gasteiger partial charge on any atom is 0.305 e. The van der Waals surface area contributed by atoms with E-state index in [0.717, 1.165) is 5.69 Å². The van der Waals surface area contributed by atoms with Crippen LogP contribution in [0.3, 0.4) is 0 Å². The Morgan fingerprint density at radius 3 is 2.61 bits per heavy atom. The number of carboxylic acids is 1. The van der Waals surface area contributed by atoms with Crippen molar-refractivity contribution in [3.63, 3.8) is 0 Å². The van der Waals surface area contributed by atoms with Gasteiger partial charge in [-0.05, 0) is 31.2 Å². The number of carbonyl (C=O) groups excluding carboxylic acids is 1. The molecule has 0 radical (unpaired) electrons. The SMILES string of the molecule is Cc1cc(C(=O)N(C)CCC(=O)O)nn1-c1ccc(Cl)cc1Cl. The van der Waals surface area contributed by atoms with Crippen molar-refractivity contribution in [2.45, 2.75) is 13.3 Å². The van der Waals surface area contributed by atoms with Gasteiger partial charge in [-0.25, -0.2) is 4.68 Å². The molecule has 1 N–H and O–H groups in total. The van der Waals surface area contributed by atoms with Gasteiger partial charge in [0.25, 0.3) is 5.91 Å². The van der Waals surface area contributed by atoms with E-state index in [9.17, 15) is 9.59 Å². The second-order valence-corrected chi connectivity index (χ2v) is 5.89. The number of hydrogen-bond acceptors (Lipinski definition) is 3. The van der Waals surface area contributed by atoms with Crippen molar-refractivity contribution in [2.75, 3.05) is 13.6 Å². The second-order valence-electron chi connectivity index (χ2n) is 5.05. The molecular formula is C15H15Cl2N3O3. The highest BCUT2D eigenvalue weighted by molar-refractivity contribution is 6.35. The standard InChI is InChI=1S/C15H15Cl2N3O3/c1-9-7-12(15(23)19(2)6-5-14(21)22)18-20(9)13-4-3-10(16)8-11(13)17/h3-4,7-8H,5-6H2,1-2H3,(H,21,22). The van der Waals surface area contributed by atoms with Gasteiger partial charge in [-0.1, -0.05) is 23.2 Å². The molecular weight excluding hydrogens is 341 g/mol. The summed E-state index contributed by atoms with van der Waals surface area (Å²) in [5.74, 6) is -1.31. The largest absolute Gasteiger partial charge is 0.481 e. The molecule has 0 aliphatic heterocycles. The zero-order valence-electron chi connectivity index (χ0n) is 12.6. The van der Waals surface area contributed by atoms with Crippen molar-refractivity contribution in [1.29, 1.82) is 0 Å². The van der Waals surface area contributed by atoms with E-state index in [-0.39, 0.29) is 24.6 Å². The van der Waals surface area contributed by atoms with Crippen molar-refractivity contribution >= 4 is 35.1 Å². The topological polar surface area (TPSA) is 75.4 Å². The predicted octanol–water partition coefficient (Wildman–Crippen LogP) is 3.03. The second kappa shape index (κ2) is 7.02. The molecule has 0 saturated carbocycles. The first kappa shape index (κ1) is 17.3. The van der Waals surface area contributed by atoms with Gasteiger partial charge in [0, 0.05) is 24.3 Å². The molecule has 0 fully saturated rings. The summed E-state index contributed by atoms with van der Waals surface area (Å²) < 4.78 is 1.55. The smallest absolute Gasteiger partial charge is 0.305 e. The molecule has 2 aromatic rings. The van der Waals surface area contributed by atoms with Crippen molar-refractivity contribution in [2.24, 2.45) is 0 Å². The minimum Gasteiger partial charge on any atom is -0.481 e. The highest BCUT2D eigenvalue weighted by Gasteiger charge is 2.18. The van der Waals surface area contributed by atoms with Crippen LogP contribution in [0, 0.1) is 6.92 Å². The van der Waals surface area contributed by atoms with E-state index in [0.29, 0.717) is 15.7 Å². The van der Waals surface area contributed by atoms with Gasteiger partial charge in [0.2, 0.25) is 0 Å².